The van der Waals surface area contributed by atoms with Crippen LogP contribution >= 0.6 is 0 Å². The van der Waals surface area contributed by atoms with Crippen LogP contribution in [0.1, 0.15) is 17.0 Å². The number of aromatic nitrogens is 2. The topological polar surface area (TPSA) is 29.9 Å². The highest BCUT2D eigenvalue weighted by Crippen LogP contribution is 2.20. The van der Waals surface area contributed by atoms with Crippen molar-refractivity contribution in [2.45, 2.75) is 20.4 Å². The van der Waals surface area contributed by atoms with Gasteiger partial charge in [0, 0.05) is 30.5 Å². The lowest BCUT2D eigenvalue weighted by molar-refractivity contribution is 0.730. The maximum atomic E-state index is 4.45. The summed E-state index contributed by atoms with van der Waals surface area (Å²) in [6.07, 6.45) is 0. The molecule has 3 rings (SSSR count). The van der Waals surface area contributed by atoms with Crippen LogP contribution in [0, 0.1) is 13.8 Å². The van der Waals surface area contributed by atoms with Gasteiger partial charge in [-0.2, -0.15) is 5.10 Å². The molecule has 1 heterocycles. The van der Waals surface area contributed by atoms with Gasteiger partial charge in [-0.15, -0.1) is 0 Å². The third-order valence-electron chi connectivity index (χ3n) is 3.88. The molecule has 0 unspecified atom stereocenters. The fourth-order valence-corrected chi connectivity index (χ4v) is 2.56. The quantitative estimate of drug-likeness (QED) is 0.780. The summed E-state index contributed by atoms with van der Waals surface area (Å²) in [7, 11) is 1.99. The Kier molecular flexibility index (Phi) is 3.18. The number of anilines is 1. The van der Waals surface area contributed by atoms with Gasteiger partial charge in [-0.3, -0.25) is 4.68 Å². The first kappa shape index (κ1) is 12.7. The van der Waals surface area contributed by atoms with Crippen LogP contribution < -0.4 is 5.32 Å². The third-order valence-corrected chi connectivity index (χ3v) is 3.88. The van der Waals surface area contributed by atoms with Crippen molar-refractivity contribution in [2.75, 3.05) is 5.32 Å². The summed E-state index contributed by atoms with van der Waals surface area (Å²) in [5, 5.41) is 10.5. The van der Waals surface area contributed by atoms with Crippen molar-refractivity contribution in [3.05, 3.63) is 59.4 Å². The van der Waals surface area contributed by atoms with Gasteiger partial charge in [0.15, 0.2) is 0 Å². The zero-order chi connectivity index (χ0) is 14.1. The fourth-order valence-electron chi connectivity index (χ4n) is 2.56. The summed E-state index contributed by atoms with van der Waals surface area (Å²) in [4.78, 5) is 0. The molecular weight excluding hydrogens is 246 g/mol. The van der Waals surface area contributed by atoms with Gasteiger partial charge in [-0.1, -0.05) is 30.3 Å². The van der Waals surface area contributed by atoms with Crippen LogP contribution in [0.3, 0.4) is 0 Å². The summed E-state index contributed by atoms with van der Waals surface area (Å²) < 4.78 is 1.94. The Morgan fingerprint density at radius 1 is 1.05 bits per heavy atom. The number of aryl methyl sites for hydroxylation is 2. The van der Waals surface area contributed by atoms with E-state index in [1.54, 1.807) is 0 Å². The molecule has 0 saturated heterocycles. The Morgan fingerprint density at radius 2 is 1.80 bits per heavy atom. The van der Waals surface area contributed by atoms with Crippen LogP contribution in [0.2, 0.25) is 0 Å². The van der Waals surface area contributed by atoms with Gasteiger partial charge < -0.3 is 5.32 Å². The number of rotatable bonds is 3. The molecule has 3 heteroatoms. The SMILES string of the molecule is Cc1nn(C)c(C)c1CNc1ccc2ccccc2c1. The highest BCUT2D eigenvalue weighted by atomic mass is 15.3. The lowest BCUT2D eigenvalue weighted by Gasteiger charge is -2.08. The van der Waals surface area contributed by atoms with Crippen LogP contribution in [0.5, 0.6) is 0 Å². The van der Waals surface area contributed by atoms with E-state index in [9.17, 15) is 0 Å². The normalized spacial score (nSPS) is 10.9. The summed E-state index contributed by atoms with van der Waals surface area (Å²) in [5.74, 6) is 0. The van der Waals surface area contributed by atoms with E-state index in [2.05, 4.69) is 66.7 Å². The molecule has 0 atom stereocenters. The minimum atomic E-state index is 0.809. The van der Waals surface area contributed by atoms with Crippen LogP contribution in [0.4, 0.5) is 5.69 Å². The predicted molar refractivity (Wildman–Crippen MR) is 84.0 cm³/mol. The molecule has 0 aliphatic rings. The van der Waals surface area contributed by atoms with Crippen molar-refractivity contribution < 1.29 is 0 Å². The number of benzene rings is 2. The highest BCUT2D eigenvalue weighted by Gasteiger charge is 2.08. The van der Waals surface area contributed by atoms with Crippen molar-refractivity contribution in [3.8, 4) is 0 Å². The van der Waals surface area contributed by atoms with Crippen molar-refractivity contribution in [2.24, 2.45) is 7.05 Å². The average molecular weight is 265 g/mol. The zero-order valence-electron chi connectivity index (χ0n) is 12.1. The highest BCUT2D eigenvalue weighted by molar-refractivity contribution is 5.85. The number of hydrogen-bond acceptors (Lipinski definition) is 2. The second-order valence-electron chi connectivity index (χ2n) is 5.19. The second kappa shape index (κ2) is 5.00. The monoisotopic (exact) mass is 265 g/mol. The first-order valence-electron chi connectivity index (χ1n) is 6.87. The summed E-state index contributed by atoms with van der Waals surface area (Å²) in [6.45, 7) is 4.98. The Morgan fingerprint density at radius 3 is 2.50 bits per heavy atom. The van der Waals surface area contributed by atoms with E-state index in [0.29, 0.717) is 0 Å². The number of nitrogens with zero attached hydrogens (tertiary/aromatic N) is 2. The molecule has 3 aromatic rings. The largest absolute Gasteiger partial charge is 0.381 e. The van der Waals surface area contributed by atoms with E-state index in [1.165, 1.54) is 22.0 Å². The molecule has 0 aliphatic carbocycles. The number of hydrogen-bond donors (Lipinski definition) is 1. The molecule has 2 aromatic carbocycles. The van der Waals surface area contributed by atoms with Gasteiger partial charge in [-0.05, 0) is 36.8 Å². The van der Waals surface area contributed by atoms with Gasteiger partial charge >= 0.3 is 0 Å². The van der Waals surface area contributed by atoms with Gasteiger partial charge in [-0.25, -0.2) is 0 Å². The Bertz CT molecular complexity index is 756. The van der Waals surface area contributed by atoms with E-state index < -0.39 is 0 Å². The Balaban J connectivity index is 1.83. The smallest absolute Gasteiger partial charge is 0.0646 e. The number of fused-ring (bicyclic) bond motifs is 1. The molecule has 1 N–H and O–H groups in total. The molecule has 1 aromatic heterocycles. The minimum Gasteiger partial charge on any atom is -0.381 e. The van der Waals surface area contributed by atoms with Crippen molar-refractivity contribution >= 4 is 16.5 Å². The van der Waals surface area contributed by atoms with E-state index >= 15 is 0 Å². The first-order valence-corrected chi connectivity index (χ1v) is 6.87. The summed E-state index contributed by atoms with van der Waals surface area (Å²) in [6, 6.07) is 14.9. The molecule has 0 aliphatic heterocycles. The molecule has 3 nitrogen and oxygen atoms in total. The lowest BCUT2D eigenvalue weighted by Crippen LogP contribution is -2.02. The van der Waals surface area contributed by atoms with Crippen LogP contribution in [0.25, 0.3) is 10.8 Å². The molecule has 0 fully saturated rings. The maximum Gasteiger partial charge on any atom is 0.0646 e. The Hall–Kier alpha value is -2.29. The predicted octanol–water partition coefficient (Wildman–Crippen LogP) is 3.80. The molecule has 0 saturated carbocycles. The first-order chi connectivity index (χ1) is 9.65. The summed E-state index contributed by atoms with van der Waals surface area (Å²) in [5.41, 5.74) is 4.74. The van der Waals surface area contributed by atoms with Crippen LogP contribution in [-0.4, -0.2) is 9.78 Å². The average Bonchev–Trinajstić information content (AvgIpc) is 2.70. The molecule has 0 bridgehead atoms. The van der Waals surface area contributed by atoms with Gasteiger partial charge in [0.2, 0.25) is 0 Å². The third kappa shape index (κ3) is 2.27. The van der Waals surface area contributed by atoms with Gasteiger partial charge in [0.25, 0.3) is 0 Å². The zero-order valence-corrected chi connectivity index (χ0v) is 12.1. The molecule has 20 heavy (non-hydrogen) atoms. The molecule has 0 spiro atoms. The van der Waals surface area contributed by atoms with Crippen LogP contribution in [0.15, 0.2) is 42.5 Å². The van der Waals surface area contributed by atoms with Gasteiger partial charge in [0.05, 0.1) is 5.69 Å². The van der Waals surface area contributed by atoms with E-state index in [0.717, 1.165) is 17.9 Å². The Labute approximate surface area is 119 Å². The second-order valence-corrected chi connectivity index (χ2v) is 5.19. The maximum absolute atomic E-state index is 4.45. The van der Waals surface area contributed by atoms with Crippen molar-refractivity contribution in [1.29, 1.82) is 0 Å². The van der Waals surface area contributed by atoms with E-state index in [1.807, 2.05) is 11.7 Å². The van der Waals surface area contributed by atoms with E-state index in [4.69, 9.17) is 0 Å². The van der Waals surface area contributed by atoms with Crippen molar-refractivity contribution in [1.82, 2.24) is 9.78 Å². The standard InChI is InChI=1S/C17H19N3/c1-12-17(13(2)20(3)19-12)11-18-16-9-8-14-6-4-5-7-15(14)10-16/h4-10,18H,11H2,1-3H3. The molecule has 0 amide bonds. The summed E-state index contributed by atoms with van der Waals surface area (Å²) >= 11 is 0. The van der Waals surface area contributed by atoms with Gasteiger partial charge in [0.1, 0.15) is 0 Å². The lowest BCUT2D eigenvalue weighted by atomic mass is 10.1. The van der Waals surface area contributed by atoms with Crippen molar-refractivity contribution in [3.63, 3.8) is 0 Å². The number of nitrogens with one attached hydrogen (secondary N) is 1. The van der Waals surface area contributed by atoms with E-state index in [-0.39, 0.29) is 0 Å². The minimum absolute atomic E-state index is 0.809. The fraction of sp³-hybridized carbons (Fsp3) is 0.235. The molecular formula is C17H19N3. The molecule has 102 valence electrons. The van der Waals surface area contributed by atoms with Crippen LogP contribution in [-0.2, 0) is 13.6 Å². The molecule has 0 radical (unpaired) electrons.